The van der Waals surface area contributed by atoms with Crippen LogP contribution in [0.5, 0.6) is 0 Å². The number of benzene rings is 1. The van der Waals surface area contributed by atoms with Gasteiger partial charge in [-0.3, -0.25) is 4.98 Å². The molecule has 0 radical (unpaired) electrons. The fraction of sp³-hybridized carbons (Fsp3) is 0.167. The van der Waals surface area contributed by atoms with Crippen LogP contribution in [0.3, 0.4) is 0 Å². The van der Waals surface area contributed by atoms with Gasteiger partial charge >= 0.3 is 0 Å². The summed E-state index contributed by atoms with van der Waals surface area (Å²) >= 11 is 1.60. The minimum atomic E-state index is 0.544. The lowest BCUT2D eigenvalue weighted by atomic mass is 10.2. The largest absolute Gasteiger partial charge is 0.326 e. The van der Waals surface area contributed by atoms with Crippen molar-refractivity contribution in [3.8, 4) is 10.7 Å². The average molecular weight is 244 g/mol. The van der Waals surface area contributed by atoms with Gasteiger partial charge in [0.1, 0.15) is 0 Å². The highest BCUT2D eigenvalue weighted by Crippen LogP contribution is 2.26. The monoisotopic (exact) mass is 244 g/mol. The minimum absolute atomic E-state index is 0.544. The van der Waals surface area contributed by atoms with Crippen LogP contribution < -0.4 is 5.73 Å². The Balaban J connectivity index is 2.24. The van der Waals surface area contributed by atoms with Gasteiger partial charge in [0.15, 0.2) is 5.82 Å². The molecule has 0 spiro atoms. The van der Waals surface area contributed by atoms with E-state index in [0.717, 1.165) is 27.3 Å². The number of nitrogens with two attached hydrogens (primary N) is 1. The van der Waals surface area contributed by atoms with E-state index in [1.54, 1.807) is 11.3 Å². The van der Waals surface area contributed by atoms with Crippen molar-refractivity contribution in [3.63, 3.8) is 0 Å². The molecule has 17 heavy (non-hydrogen) atoms. The van der Waals surface area contributed by atoms with Crippen molar-refractivity contribution in [2.75, 3.05) is 0 Å². The van der Waals surface area contributed by atoms with Gasteiger partial charge in [-0.05, 0) is 17.7 Å². The van der Waals surface area contributed by atoms with E-state index in [-0.39, 0.29) is 0 Å². The van der Waals surface area contributed by atoms with Gasteiger partial charge in [0.05, 0.1) is 21.4 Å². The van der Waals surface area contributed by atoms with Crippen molar-refractivity contribution >= 4 is 22.4 Å². The zero-order valence-electron chi connectivity index (χ0n) is 9.42. The Kier molecular flexibility index (Phi) is 2.42. The zero-order valence-corrected chi connectivity index (χ0v) is 10.2. The molecule has 1 aromatic carbocycles. The topological polar surface area (TPSA) is 56.7 Å². The number of imidazole rings is 1. The molecule has 0 unspecified atom stereocenters. The molecule has 0 aliphatic heterocycles. The lowest BCUT2D eigenvalue weighted by molar-refractivity contribution is 0.962. The van der Waals surface area contributed by atoms with E-state index in [2.05, 4.69) is 20.6 Å². The number of rotatable bonds is 2. The van der Waals surface area contributed by atoms with Gasteiger partial charge in [-0.1, -0.05) is 6.07 Å². The number of thiazole rings is 1. The molecule has 4 nitrogen and oxygen atoms in total. The van der Waals surface area contributed by atoms with Gasteiger partial charge in [0.25, 0.3) is 0 Å². The molecule has 2 aromatic heterocycles. The third-order valence-corrected chi connectivity index (χ3v) is 3.60. The molecule has 2 N–H and O–H groups in total. The molecule has 0 amide bonds. The second-order valence-electron chi connectivity index (χ2n) is 3.89. The van der Waals surface area contributed by atoms with E-state index in [4.69, 9.17) is 5.73 Å². The van der Waals surface area contributed by atoms with Crippen LogP contribution in [0.2, 0.25) is 0 Å². The number of fused-ring (bicyclic) bond motifs is 1. The molecule has 0 saturated heterocycles. The van der Waals surface area contributed by atoms with Gasteiger partial charge in [-0.15, -0.1) is 11.3 Å². The lowest BCUT2D eigenvalue weighted by Gasteiger charge is -1.99. The molecular formula is C12H12N4S. The highest BCUT2D eigenvalue weighted by atomic mass is 32.1. The lowest BCUT2D eigenvalue weighted by Crippen LogP contribution is -1.95. The first-order valence-corrected chi connectivity index (χ1v) is 6.22. The highest BCUT2D eigenvalue weighted by molar-refractivity contribution is 7.13. The number of hydrogen-bond acceptors (Lipinski definition) is 4. The van der Waals surface area contributed by atoms with Crippen LogP contribution in [0.15, 0.2) is 29.9 Å². The predicted molar refractivity (Wildman–Crippen MR) is 69.7 cm³/mol. The Labute approximate surface area is 103 Å². The molecule has 0 aliphatic carbocycles. The predicted octanol–water partition coefficient (Wildman–Crippen LogP) is 2.16. The Morgan fingerprint density at radius 1 is 1.41 bits per heavy atom. The SMILES string of the molecule is Cn1c(-c2cncs2)nc2cc(CN)ccc21. The Morgan fingerprint density at radius 2 is 2.29 bits per heavy atom. The quantitative estimate of drug-likeness (QED) is 0.751. The van der Waals surface area contributed by atoms with Crippen LogP contribution in [-0.2, 0) is 13.6 Å². The van der Waals surface area contributed by atoms with Crippen LogP contribution in [0.1, 0.15) is 5.56 Å². The van der Waals surface area contributed by atoms with Crippen molar-refractivity contribution < 1.29 is 0 Å². The molecule has 0 aliphatic rings. The summed E-state index contributed by atoms with van der Waals surface area (Å²) in [5, 5.41) is 0. The minimum Gasteiger partial charge on any atom is -0.326 e. The van der Waals surface area contributed by atoms with Crippen LogP contribution >= 0.6 is 11.3 Å². The third-order valence-electron chi connectivity index (χ3n) is 2.83. The van der Waals surface area contributed by atoms with Gasteiger partial charge in [-0.2, -0.15) is 0 Å². The Hall–Kier alpha value is -1.72. The van der Waals surface area contributed by atoms with E-state index in [0.29, 0.717) is 6.54 Å². The molecule has 3 rings (SSSR count). The van der Waals surface area contributed by atoms with E-state index in [1.807, 2.05) is 30.9 Å². The summed E-state index contributed by atoms with van der Waals surface area (Å²) in [6.07, 6.45) is 1.84. The number of nitrogens with zero attached hydrogens (tertiary/aromatic N) is 3. The van der Waals surface area contributed by atoms with Crippen molar-refractivity contribution in [1.29, 1.82) is 0 Å². The molecule has 5 heteroatoms. The fourth-order valence-electron chi connectivity index (χ4n) is 1.92. The second-order valence-corrected chi connectivity index (χ2v) is 4.77. The van der Waals surface area contributed by atoms with Crippen molar-refractivity contribution in [2.45, 2.75) is 6.54 Å². The standard InChI is InChI=1S/C12H12N4S/c1-16-10-3-2-8(5-13)4-9(10)15-12(16)11-6-14-7-17-11/h2-4,6-7H,5,13H2,1H3. The molecule has 0 saturated carbocycles. The maximum atomic E-state index is 5.64. The second kappa shape index (κ2) is 3.94. The first-order chi connectivity index (χ1) is 8.29. The van der Waals surface area contributed by atoms with Gasteiger partial charge in [0, 0.05) is 19.8 Å². The van der Waals surface area contributed by atoms with Crippen LogP contribution in [0, 0.1) is 0 Å². The summed E-state index contributed by atoms with van der Waals surface area (Å²) in [5.74, 6) is 0.955. The van der Waals surface area contributed by atoms with E-state index >= 15 is 0 Å². The summed E-state index contributed by atoms with van der Waals surface area (Å²) in [7, 11) is 2.02. The van der Waals surface area contributed by atoms with Gasteiger partial charge < -0.3 is 10.3 Å². The summed E-state index contributed by atoms with van der Waals surface area (Å²) in [4.78, 5) is 9.81. The average Bonchev–Trinajstić information content (AvgIpc) is 2.97. The molecule has 3 aromatic rings. The van der Waals surface area contributed by atoms with Crippen LogP contribution in [0.25, 0.3) is 21.7 Å². The highest BCUT2D eigenvalue weighted by Gasteiger charge is 2.10. The van der Waals surface area contributed by atoms with E-state index in [1.165, 1.54) is 0 Å². The van der Waals surface area contributed by atoms with E-state index in [9.17, 15) is 0 Å². The van der Waals surface area contributed by atoms with Crippen molar-refractivity contribution in [2.24, 2.45) is 12.8 Å². The van der Waals surface area contributed by atoms with Crippen molar-refractivity contribution in [1.82, 2.24) is 14.5 Å². The molecule has 2 heterocycles. The van der Waals surface area contributed by atoms with Crippen LogP contribution in [0.4, 0.5) is 0 Å². The van der Waals surface area contributed by atoms with Crippen molar-refractivity contribution in [3.05, 3.63) is 35.5 Å². The summed E-state index contributed by atoms with van der Waals surface area (Å²) in [5.41, 5.74) is 10.7. The van der Waals surface area contributed by atoms with Crippen LogP contribution in [-0.4, -0.2) is 14.5 Å². The maximum Gasteiger partial charge on any atom is 0.152 e. The smallest absolute Gasteiger partial charge is 0.152 e. The third kappa shape index (κ3) is 1.64. The molecule has 0 fully saturated rings. The fourth-order valence-corrected chi connectivity index (χ4v) is 2.56. The number of hydrogen-bond donors (Lipinski definition) is 1. The molecule has 0 bridgehead atoms. The van der Waals surface area contributed by atoms with Gasteiger partial charge in [0.2, 0.25) is 0 Å². The van der Waals surface area contributed by atoms with Gasteiger partial charge in [-0.25, -0.2) is 4.98 Å². The summed E-state index contributed by atoms with van der Waals surface area (Å²) in [6.45, 7) is 0.544. The van der Waals surface area contributed by atoms with E-state index < -0.39 is 0 Å². The molecule has 0 atom stereocenters. The summed E-state index contributed by atoms with van der Waals surface area (Å²) < 4.78 is 2.09. The number of aryl methyl sites for hydroxylation is 1. The first kappa shape index (κ1) is 10.4. The normalized spacial score (nSPS) is 11.2. The zero-order chi connectivity index (χ0) is 11.8. The maximum absolute atomic E-state index is 5.64. The molecule has 86 valence electrons. The number of aromatic nitrogens is 3. The summed E-state index contributed by atoms with van der Waals surface area (Å²) in [6, 6.07) is 6.15. The Morgan fingerprint density at radius 3 is 3.00 bits per heavy atom. The first-order valence-electron chi connectivity index (χ1n) is 5.34. The molecular weight excluding hydrogens is 232 g/mol. The Bertz CT molecular complexity index is 655.